The topological polar surface area (TPSA) is 150 Å². The van der Waals surface area contributed by atoms with E-state index in [1.807, 2.05) is 0 Å². The Balaban J connectivity index is 1.79. The van der Waals surface area contributed by atoms with Crippen molar-refractivity contribution in [2.75, 3.05) is 42.1 Å². The first kappa shape index (κ1) is 24.1. The molecule has 1 aliphatic carbocycles. The van der Waals surface area contributed by atoms with Gasteiger partial charge in [-0.25, -0.2) is 0 Å². The summed E-state index contributed by atoms with van der Waals surface area (Å²) in [5, 5.41) is 24.4. The van der Waals surface area contributed by atoms with E-state index >= 15 is 0 Å². The van der Waals surface area contributed by atoms with Gasteiger partial charge in [-0.3, -0.25) is 14.4 Å². The Kier molecular flexibility index (Phi) is 4.67. The molecule has 2 aromatic rings. The molecule has 0 unspecified atom stereocenters. The first-order valence-corrected chi connectivity index (χ1v) is 11.5. The second-order valence-electron chi connectivity index (χ2n) is 9.63. The molecule has 196 valence electrons. The number of amides is 1. The van der Waals surface area contributed by atoms with E-state index in [4.69, 9.17) is 28.4 Å². The Hall–Kier alpha value is -3.29. The van der Waals surface area contributed by atoms with Gasteiger partial charge in [0.05, 0.1) is 24.8 Å². The number of carbonyl (C=O) groups is 3. The molecule has 2 fully saturated rings. The van der Waals surface area contributed by atoms with Gasteiger partial charge in [0.1, 0.15) is 17.9 Å². The van der Waals surface area contributed by atoms with Crippen LogP contribution < -0.4 is 4.74 Å². The van der Waals surface area contributed by atoms with Crippen molar-refractivity contribution in [3.05, 3.63) is 34.4 Å². The van der Waals surface area contributed by atoms with Crippen molar-refractivity contribution in [3.8, 4) is 11.5 Å². The maximum Gasteiger partial charge on any atom is 0.312 e. The zero-order valence-electron chi connectivity index (χ0n) is 20.8. The summed E-state index contributed by atoms with van der Waals surface area (Å²) >= 11 is 0. The van der Waals surface area contributed by atoms with E-state index in [9.17, 15) is 24.6 Å². The number of hydrogen-bond donors (Lipinski definition) is 2. The van der Waals surface area contributed by atoms with Gasteiger partial charge in [-0.15, -0.1) is 0 Å². The van der Waals surface area contributed by atoms with Gasteiger partial charge >= 0.3 is 5.97 Å². The van der Waals surface area contributed by atoms with Gasteiger partial charge in [-0.05, 0) is 23.1 Å². The molecule has 0 radical (unpaired) electrons. The number of carbonyl (C=O) groups excluding carboxylic acids is 3. The van der Waals surface area contributed by atoms with E-state index in [-0.39, 0.29) is 40.3 Å². The summed E-state index contributed by atoms with van der Waals surface area (Å²) in [6, 6.07) is 2.99. The summed E-state index contributed by atoms with van der Waals surface area (Å²) in [4.78, 5) is 41.1. The Morgan fingerprint density at radius 3 is 2.38 bits per heavy atom. The quantitative estimate of drug-likeness (QED) is 0.435. The maximum atomic E-state index is 14.0. The van der Waals surface area contributed by atoms with Gasteiger partial charge in [0.2, 0.25) is 23.0 Å². The van der Waals surface area contributed by atoms with Gasteiger partial charge < -0.3 is 43.5 Å². The SMILES string of the molecule is COc1cc2cc3c(c(O)c2c2c1C(=O)N(C)C2)C(OC)(OC)[C@@]12OC(=O)C[C@]1(OC)OC[C@@]2(O)C3=O. The summed E-state index contributed by atoms with van der Waals surface area (Å²) in [5.74, 6) is -6.42. The number of nitrogens with zero attached hydrogens (tertiary/aromatic N) is 1. The number of ether oxygens (including phenoxy) is 6. The summed E-state index contributed by atoms with van der Waals surface area (Å²) in [5.41, 5.74) is -4.45. The van der Waals surface area contributed by atoms with Crippen LogP contribution >= 0.6 is 0 Å². The molecule has 3 heterocycles. The molecule has 1 amide bonds. The number of aromatic hydroxyl groups is 1. The lowest BCUT2D eigenvalue weighted by molar-refractivity contribution is -0.384. The van der Waals surface area contributed by atoms with E-state index < -0.39 is 53.3 Å². The molecule has 1 spiro atoms. The number of fused-ring (bicyclic) bond motifs is 4. The lowest BCUT2D eigenvalue weighted by Gasteiger charge is -2.54. The number of ketones is 1. The minimum Gasteiger partial charge on any atom is -0.507 e. The third kappa shape index (κ3) is 2.30. The van der Waals surface area contributed by atoms with Crippen molar-refractivity contribution >= 4 is 28.4 Å². The number of esters is 1. The number of Topliss-reactive ketones (excluding diaryl/α,β-unsaturated/α-hetero) is 1. The molecule has 6 rings (SSSR count). The van der Waals surface area contributed by atoms with Crippen LogP contribution in [-0.4, -0.2) is 91.9 Å². The highest BCUT2D eigenvalue weighted by atomic mass is 16.8. The third-order valence-corrected chi connectivity index (χ3v) is 8.24. The molecule has 12 heteroatoms. The minimum atomic E-state index is -2.49. The molecule has 4 aliphatic rings. The molecule has 3 aliphatic heterocycles. The number of hydrogen-bond acceptors (Lipinski definition) is 11. The largest absolute Gasteiger partial charge is 0.507 e. The predicted octanol–water partition coefficient (Wildman–Crippen LogP) is 0.571. The van der Waals surface area contributed by atoms with Gasteiger partial charge in [-0.1, -0.05) is 0 Å². The Labute approximate surface area is 210 Å². The van der Waals surface area contributed by atoms with Crippen molar-refractivity contribution in [1.82, 2.24) is 4.90 Å². The number of phenols is 1. The van der Waals surface area contributed by atoms with Crippen LogP contribution in [0.5, 0.6) is 11.5 Å². The van der Waals surface area contributed by atoms with Gasteiger partial charge in [-0.2, -0.15) is 0 Å². The molecule has 12 nitrogen and oxygen atoms in total. The van der Waals surface area contributed by atoms with Gasteiger partial charge in [0, 0.05) is 45.9 Å². The summed E-state index contributed by atoms with van der Waals surface area (Å²) in [6.07, 6.45) is -0.469. The molecular formula is C25H25NO11. The van der Waals surface area contributed by atoms with Gasteiger partial charge in [0.25, 0.3) is 11.5 Å². The molecule has 2 aromatic carbocycles. The fourth-order valence-corrected chi connectivity index (χ4v) is 6.71. The van der Waals surface area contributed by atoms with E-state index in [0.717, 1.165) is 0 Å². The summed E-state index contributed by atoms with van der Waals surface area (Å²) < 4.78 is 34.3. The zero-order chi connectivity index (χ0) is 26.7. The second-order valence-corrected chi connectivity index (χ2v) is 9.63. The van der Waals surface area contributed by atoms with Crippen LogP contribution in [0.15, 0.2) is 12.1 Å². The molecule has 2 saturated heterocycles. The van der Waals surface area contributed by atoms with E-state index in [1.165, 1.54) is 45.5 Å². The van der Waals surface area contributed by atoms with Crippen molar-refractivity contribution in [3.63, 3.8) is 0 Å². The zero-order valence-corrected chi connectivity index (χ0v) is 20.8. The highest BCUT2D eigenvalue weighted by molar-refractivity contribution is 6.14. The number of rotatable bonds is 4. The Bertz CT molecular complexity index is 1430. The van der Waals surface area contributed by atoms with Crippen LogP contribution in [0.4, 0.5) is 0 Å². The molecule has 37 heavy (non-hydrogen) atoms. The maximum absolute atomic E-state index is 14.0. The first-order chi connectivity index (χ1) is 17.5. The van der Waals surface area contributed by atoms with Crippen molar-refractivity contribution < 1.29 is 53.0 Å². The van der Waals surface area contributed by atoms with Crippen molar-refractivity contribution in [2.45, 2.75) is 35.7 Å². The fourth-order valence-electron chi connectivity index (χ4n) is 6.71. The predicted molar refractivity (Wildman–Crippen MR) is 122 cm³/mol. The van der Waals surface area contributed by atoms with Crippen molar-refractivity contribution in [1.29, 1.82) is 0 Å². The normalized spacial score (nSPS) is 31.3. The number of phenolic OH excluding ortho intramolecular Hbond substituents is 1. The van der Waals surface area contributed by atoms with Crippen LogP contribution in [-0.2, 0) is 40.8 Å². The van der Waals surface area contributed by atoms with Crippen LogP contribution in [0.3, 0.4) is 0 Å². The fraction of sp³-hybridized carbons (Fsp3) is 0.480. The number of aliphatic hydroxyl groups is 1. The lowest BCUT2D eigenvalue weighted by Crippen LogP contribution is -2.77. The summed E-state index contributed by atoms with van der Waals surface area (Å²) in [7, 11) is 6.72. The number of methoxy groups -OCH3 is 4. The van der Waals surface area contributed by atoms with Crippen LogP contribution in [0.25, 0.3) is 10.8 Å². The smallest absolute Gasteiger partial charge is 0.312 e. The van der Waals surface area contributed by atoms with E-state index in [0.29, 0.717) is 10.9 Å². The van der Waals surface area contributed by atoms with E-state index in [1.54, 1.807) is 7.05 Å². The lowest BCUT2D eigenvalue weighted by atomic mass is 9.62. The average molecular weight is 515 g/mol. The molecule has 0 bridgehead atoms. The molecule has 0 aromatic heterocycles. The summed E-state index contributed by atoms with van der Waals surface area (Å²) in [6.45, 7) is -0.434. The molecule has 2 N–H and O–H groups in total. The molecule has 0 saturated carbocycles. The second kappa shape index (κ2) is 7.17. The average Bonchev–Trinajstić information content (AvgIpc) is 3.45. The Morgan fingerprint density at radius 1 is 1.05 bits per heavy atom. The Morgan fingerprint density at radius 2 is 1.76 bits per heavy atom. The third-order valence-electron chi connectivity index (χ3n) is 8.24. The minimum absolute atomic E-state index is 0.139. The van der Waals surface area contributed by atoms with Crippen molar-refractivity contribution in [2.24, 2.45) is 0 Å². The molecular weight excluding hydrogens is 490 g/mol. The highest BCUT2D eigenvalue weighted by Crippen LogP contribution is 2.66. The molecule has 3 atom stereocenters. The monoisotopic (exact) mass is 515 g/mol. The van der Waals surface area contributed by atoms with E-state index in [2.05, 4.69) is 0 Å². The standard InChI is InChI=1S/C25H25NO11/c1-26-9-13-16-11(7-14(32-2)17(13)21(26)30)6-12-18(19(16)28)24(34-4,35-5)25-22(31,20(12)29)10-36-23(25,33-3)8-15(27)37-25/h6-7,28,31H,8-10H2,1-5H3/t22-,23+,25+/m1/s1. The van der Waals surface area contributed by atoms with Crippen LogP contribution in [0.1, 0.15) is 38.3 Å². The highest BCUT2D eigenvalue weighted by Gasteiger charge is 2.90. The van der Waals surface area contributed by atoms with Crippen LogP contribution in [0.2, 0.25) is 0 Å². The van der Waals surface area contributed by atoms with Gasteiger partial charge in [0.15, 0.2) is 0 Å². The van der Waals surface area contributed by atoms with Crippen LogP contribution in [0, 0.1) is 0 Å². The number of benzene rings is 2. The first-order valence-electron chi connectivity index (χ1n) is 11.5.